The van der Waals surface area contributed by atoms with Crippen LogP contribution in [0.25, 0.3) is 0 Å². The third-order valence-corrected chi connectivity index (χ3v) is 3.59. The molecule has 72 valence electrons. The van der Waals surface area contributed by atoms with Gasteiger partial charge in [-0.15, -0.1) is 11.3 Å². The van der Waals surface area contributed by atoms with Crippen molar-refractivity contribution in [1.29, 1.82) is 0 Å². The van der Waals surface area contributed by atoms with E-state index in [4.69, 9.17) is 10.3 Å². The Bertz CT molecular complexity index is 421. The smallest absolute Gasteiger partial charge is 0.356 e. The molecule has 0 aromatic carbocycles. The van der Waals surface area contributed by atoms with Crippen LogP contribution >= 0.6 is 11.3 Å². The average Bonchev–Trinajstić information content (AvgIpc) is 2.52. The standard InChI is InChI=1S/C4H4N2O5S2/c7-3(8)2-4(12-1-5-2)13(10,11)6-9/h1,6,9H,(H,7,8). The molecule has 1 heterocycles. The van der Waals surface area contributed by atoms with Crippen LogP contribution in [-0.2, 0) is 10.0 Å². The number of thiazole rings is 1. The van der Waals surface area contributed by atoms with Crippen molar-refractivity contribution >= 4 is 27.3 Å². The van der Waals surface area contributed by atoms with E-state index in [1.54, 1.807) is 0 Å². The van der Waals surface area contributed by atoms with Crippen LogP contribution in [0.4, 0.5) is 0 Å². The van der Waals surface area contributed by atoms with Gasteiger partial charge < -0.3 is 10.3 Å². The summed E-state index contributed by atoms with van der Waals surface area (Å²) in [5.74, 6) is -1.46. The molecule has 0 unspecified atom stereocenters. The van der Waals surface area contributed by atoms with E-state index < -0.39 is 25.9 Å². The first-order chi connectivity index (χ1) is 5.99. The van der Waals surface area contributed by atoms with Crippen molar-refractivity contribution < 1.29 is 23.5 Å². The fraction of sp³-hybridized carbons (Fsp3) is 0. The lowest BCUT2D eigenvalue weighted by molar-refractivity contribution is 0.0687. The topological polar surface area (TPSA) is 117 Å². The summed E-state index contributed by atoms with van der Waals surface area (Å²) in [6, 6.07) is 0. The van der Waals surface area contributed by atoms with E-state index in [0.29, 0.717) is 11.3 Å². The highest BCUT2D eigenvalue weighted by Crippen LogP contribution is 2.18. The second kappa shape index (κ2) is 3.38. The van der Waals surface area contributed by atoms with Gasteiger partial charge in [0.15, 0.2) is 9.90 Å². The third-order valence-electron chi connectivity index (χ3n) is 1.10. The zero-order valence-corrected chi connectivity index (χ0v) is 7.59. The molecule has 0 fully saturated rings. The van der Waals surface area contributed by atoms with Crippen LogP contribution in [0.2, 0.25) is 0 Å². The first-order valence-corrected chi connectivity index (χ1v) is 5.18. The number of nitrogens with zero attached hydrogens (tertiary/aromatic N) is 1. The predicted octanol–water partition coefficient (Wildman–Crippen LogP) is -0.491. The van der Waals surface area contributed by atoms with Crippen molar-refractivity contribution in [2.45, 2.75) is 4.21 Å². The second-order valence-electron chi connectivity index (χ2n) is 1.89. The van der Waals surface area contributed by atoms with Gasteiger partial charge in [0.25, 0.3) is 10.0 Å². The molecule has 1 rings (SSSR count). The molecule has 0 aliphatic rings. The van der Waals surface area contributed by atoms with Gasteiger partial charge in [0, 0.05) is 0 Å². The average molecular weight is 224 g/mol. The highest BCUT2D eigenvalue weighted by atomic mass is 32.2. The van der Waals surface area contributed by atoms with Gasteiger partial charge in [-0.2, -0.15) is 0 Å². The number of carboxylic acids is 1. The first kappa shape index (κ1) is 10.1. The Morgan fingerprint density at radius 1 is 1.62 bits per heavy atom. The molecule has 0 atom stereocenters. The maximum atomic E-state index is 10.9. The fourth-order valence-corrected chi connectivity index (χ4v) is 2.34. The Morgan fingerprint density at radius 2 is 2.23 bits per heavy atom. The van der Waals surface area contributed by atoms with Crippen molar-refractivity contribution in [2.24, 2.45) is 0 Å². The molecule has 0 saturated heterocycles. The minimum atomic E-state index is -4.15. The molecule has 3 N–H and O–H groups in total. The number of sulfonamides is 1. The normalized spacial score (nSPS) is 11.5. The highest BCUT2D eigenvalue weighted by Gasteiger charge is 2.24. The molecule has 0 aliphatic carbocycles. The number of nitrogens with one attached hydrogen (secondary N) is 1. The summed E-state index contributed by atoms with van der Waals surface area (Å²) < 4.78 is 21.3. The molecule has 13 heavy (non-hydrogen) atoms. The number of carbonyl (C=O) groups is 1. The van der Waals surface area contributed by atoms with Gasteiger partial charge in [0.1, 0.15) is 0 Å². The molecule has 0 aliphatic heterocycles. The molecule has 9 heteroatoms. The van der Waals surface area contributed by atoms with Gasteiger partial charge in [-0.1, -0.05) is 4.89 Å². The summed E-state index contributed by atoms with van der Waals surface area (Å²) in [7, 11) is -4.15. The third kappa shape index (κ3) is 1.83. The summed E-state index contributed by atoms with van der Waals surface area (Å²) in [5, 5.41) is 16.7. The SMILES string of the molecule is O=C(O)c1ncsc1S(=O)(=O)NO. The number of aromatic carboxylic acids is 1. The van der Waals surface area contributed by atoms with E-state index >= 15 is 0 Å². The molecular formula is C4H4N2O5S2. The van der Waals surface area contributed by atoms with E-state index in [-0.39, 0.29) is 0 Å². The quantitative estimate of drug-likeness (QED) is 0.596. The van der Waals surface area contributed by atoms with Crippen LogP contribution in [0.3, 0.4) is 0 Å². The number of hydrogen-bond acceptors (Lipinski definition) is 6. The van der Waals surface area contributed by atoms with Gasteiger partial charge in [-0.25, -0.2) is 18.2 Å². The summed E-state index contributed by atoms with van der Waals surface area (Å²) in [6.07, 6.45) is 0. The summed E-state index contributed by atoms with van der Waals surface area (Å²) >= 11 is 0.607. The summed E-state index contributed by atoms with van der Waals surface area (Å²) in [4.78, 5) is 14.8. The van der Waals surface area contributed by atoms with Crippen LogP contribution in [0.15, 0.2) is 9.72 Å². The lowest BCUT2D eigenvalue weighted by Gasteiger charge is -1.97. The molecule has 0 amide bonds. The Balaban J connectivity index is 3.31. The number of rotatable bonds is 3. The minimum absolute atomic E-state index is 0.525. The number of hydrogen-bond donors (Lipinski definition) is 3. The van der Waals surface area contributed by atoms with Crippen LogP contribution in [0.1, 0.15) is 10.5 Å². The van der Waals surface area contributed by atoms with E-state index in [1.807, 2.05) is 0 Å². The van der Waals surface area contributed by atoms with E-state index in [2.05, 4.69) is 4.98 Å². The molecule has 7 nitrogen and oxygen atoms in total. The molecule has 0 saturated carbocycles. The van der Waals surface area contributed by atoms with Gasteiger partial charge in [0.05, 0.1) is 5.51 Å². The second-order valence-corrected chi connectivity index (χ2v) is 4.60. The molecule has 1 aromatic heterocycles. The maximum Gasteiger partial charge on any atom is 0.356 e. The number of carboxylic acid groups (broad SMARTS) is 1. The molecule has 0 radical (unpaired) electrons. The van der Waals surface area contributed by atoms with Crippen LogP contribution < -0.4 is 4.89 Å². The lowest BCUT2D eigenvalue weighted by Crippen LogP contribution is -2.20. The molecule has 0 spiro atoms. The summed E-state index contributed by atoms with van der Waals surface area (Å²) in [6.45, 7) is 0. The van der Waals surface area contributed by atoms with Crippen molar-refractivity contribution in [2.75, 3.05) is 0 Å². The molecular weight excluding hydrogens is 220 g/mol. The first-order valence-electron chi connectivity index (χ1n) is 2.81. The van der Waals surface area contributed by atoms with Crippen molar-refractivity contribution in [3.63, 3.8) is 0 Å². The Kier molecular flexibility index (Phi) is 2.61. The van der Waals surface area contributed by atoms with Crippen LogP contribution in [0.5, 0.6) is 0 Å². The number of aromatic nitrogens is 1. The van der Waals surface area contributed by atoms with Crippen molar-refractivity contribution in [3.8, 4) is 0 Å². The van der Waals surface area contributed by atoms with Crippen molar-refractivity contribution in [1.82, 2.24) is 9.87 Å². The van der Waals surface area contributed by atoms with Crippen LogP contribution in [0, 0.1) is 0 Å². The Labute approximate surface area is 76.7 Å². The van der Waals surface area contributed by atoms with E-state index in [0.717, 1.165) is 10.4 Å². The Morgan fingerprint density at radius 3 is 2.69 bits per heavy atom. The highest BCUT2D eigenvalue weighted by molar-refractivity contribution is 7.91. The summed E-state index contributed by atoms with van der Waals surface area (Å²) in [5.41, 5.74) is 0.458. The monoisotopic (exact) mass is 224 g/mol. The zero-order valence-electron chi connectivity index (χ0n) is 5.96. The van der Waals surface area contributed by atoms with Gasteiger partial charge >= 0.3 is 5.97 Å². The largest absolute Gasteiger partial charge is 0.476 e. The maximum absolute atomic E-state index is 10.9. The lowest BCUT2D eigenvalue weighted by atomic mass is 10.5. The van der Waals surface area contributed by atoms with Gasteiger partial charge in [0.2, 0.25) is 0 Å². The van der Waals surface area contributed by atoms with Gasteiger partial charge in [-0.05, 0) is 0 Å². The van der Waals surface area contributed by atoms with Crippen LogP contribution in [-0.4, -0.2) is 29.7 Å². The van der Waals surface area contributed by atoms with Crippen molar-refractivity contribution in [3.05, 3.63) is 11.2 Å². The minimum Gasteiger partial charge on any atom is -0.476 e. The predicted molar refractivity (Wildman–Crippen MR) is 41.2 cm³/mol. The van der Waals surface area contributed by atoms with E-state index in [9.17, 15) is 13.2 Å². The Hall–Kier alpha value is -1.03. The van der Waals surface area contributed by atoms with Gasteiger partial charge in [-0.3, -0.25) is 0 Å². The molecule has 0 bridgehead atoms. The fourth-order valence-electron chi connectivity index (χ4n) is 0.610. The van der Waals surface area contributed by atoms with E-state index in [1.165, 1.54) is 0 Å². The molecule has 1 aromatic rings. The zero-order chi connectivity index (χ0) is 10.1.